The summed E-state index contributed by atoms with van der Waals surface area (Å²) in [5.74, 6) is 1.43. The third-order valence-corrected chi connectivity index (χ3v) is 3.04. The average molecular weight is 191 g/mol. The summed E-state index contributed by atoms with van der Waals surface area (Å²) in [4.78, 5) is 11.1. The van der Waals surface area contributed by atoms with Crippen molar-refractivity contribution in [2.45, 2.75) is 25.7 Å². The van der Waals surface area contributed by atoms with Gasteiger partial charge < -0.3 is 4.74 Å². The largest absolute Gasteiger partial charge is 0.469 e. The maximum Gasteiger partial charge on any atom is 0.308 e. The highest BCUT2D eigenvalue weighted by molar-refractivity contribution is 6.18. The molecule has 0 aliphatic heterocycles. The molecular formula is C9H15ClO2. The van der Waals surface area contributed by atoms with Crippen molar-refractivity contribution in [1.29, 1.82) is 0 Å². The van der Waals surface area contributed by atoms with Gasteiger partial charge in [0.05, 0.1) is 13.0 Å². The predicted octanol–water partition coefficient (Wildman–Crippen LogP) is 2.20. The van der Waals surface area contributed by atoms with E-state index in [1.54, 1.807) is 0 Å². The molecule has 1 rings (SSSR count). The van der Waals surface area contributed by atoms with Crippen molar-refractivity contribution in [3.63, 3.8) is 0 Å². The van der Waals surface area contributed by atoms with Gasteiger partial charge in [-0.05, 0) is 31.6 Å². The molecule has 0 unspecified atom stereocenters. The van der Waals surface area contributed by atoms with Gasteiger partial charge in [0, 0.05) is 5.88 Å². The van der Waals surface area contributed by atoms with Crippen molar-refractivity contribution in [2.75, 3.05) is 13.0 Å². The molecule has 0 N–H and O–H groups in total. The van der Waals surface area contributed by atoms with Gasteiger partial charge in [0.2, 0.25) is 0 Å². The third-order valence-electron chi connectivity index (χ3n) is 2.60. The van der Waals surface area contributed by atoms with Gasteiger partial charge in [-0.15, -0.1) is 11.6 Å². The van der Waals surface area contributed by atoms with E-state index in [0.717, 1.165) is 31.6 Å². The van der Waals surface area contributed by atoms with Crippen LogP contribution < -0.4 is 0 Å². The van der Waals surface area contributed by atoms with E-state index < -0.39 is 0 Å². The molecule has 0 aromatic rings. The number of methoxy groups -OCH3 is 1. The Morgan fingerprint density at radius 1 is 1.42 bits per heavy atom. The van der Waals surface area contributed by atoms with Crippen molar-refractivity contribution in [3.05, 3.63) is 0 Å². The quantitative estimate of drug-likeness (QED) is 0.493. The molecule has 0 heterocycles. The molecular weight excluding hydrogens is 176 g/mol. The fourth-order valence-electron chi connectivity index (χ4n) is 1.72. The van der Waals surface area contributed by atoms with Gasteiger partial charge in [-0.2, -0.15) is 0 Å². The molecule has 12 heavy (non-hydrogen) atoms. The summed E-state index contributed by atoms with van der Waals surface area (Å²) in [6, 6.07) is 0. The molecule has 0 amide bonds. The van der Waals surface area contributed by atoms with Crippen LogP contribution in [0.4, 0.5) is 0 Å². The van der Waals surface area contributed by atoms with Crippen LogP contribution in [0.2, 0.25) is 0 Å². The van der Waals surface area contributed by atoms with Crippen LogP contribution >= 0.6 is 11.6 Å². The van der Waals surface area contributed by atoms with Gasteiger partial charge in [-0.25, -0.2) is 0 Å². The van der Waals surface area contributed by atoms with E-state index in [9.17, 15) is 4.79 Å². The van der Waals surface area contributed by atoms with E-state index in [2.05, 4.69) is 4.74 Å². The van der Waals surface area contributed by atoms with E-state index in [1.807, 2.05) is 0 Å². The topological polar surface area (TPSA) is 26.3 Å². The highest BCUT2D eigenvalue weighted by Gasteiger charge is 2.26. The Morgan fingerprint density at radius 2 is 2.00 bits per heavy atom. The Bertz CT molecular complexity index is 151. The lowest BCUT2D eigenvalue weighted by atomic mass is 9.83. The second kappa shape index (κ2) is 4.70. The number of halogens is 1. The van der Waals surface area contributed by atoms with Crippen molar-refractivity contribution in [1.82, 2.24) is 0 Å². The molecule has 0 radical (unpaired) electrons. The zero-order valence-corrected chi connectivity index (χ0v) is 8.14. The predicted molar refractivity (Wildman–Crippen MR) is 48.2 cm³/mol. The Kier molecular flexibility index (Phi) is 3.86. The Balaban J connectivity index is 2.30. The van der Waals surface area contributed by atoms with Crippen LogP contribution in [0.25, 0.3) is 0 Å². The first-order chi connectivity index (χ1) is 5.77. The zero-order valence-electron chi connectivity index (χ0n) is 7.38. The summed E-state index contributed by atoms with van der Waals surface area (Å²) in [5.41, 5.74) is 0. The lowest BCUT2D eigenvalue weighted by molar-refractivity contribution is -0.146. The van der Waals surface area contributed by atoms with E-state index in [0.29, 0.717) is 5.92 Å². The SMILES string of the molecule is COC(=O)[C@H]1CC[C@H](CCl)CC1. The maximum absolute atomic E-state index is 11.1. The van der Waals surface area contributed by atoms with Crippen LogP contribution in [0.15, 0.2) is 0 Å². The van der Waals surface area contributed by atoms with Crippen molar-refractivity contribution >= 4 is 17.6 Å². The first-order valence-corrected chi connectivity index (χ1v) is 4.95. The van der Waals surface area contributed by atoms with Crippen LogP contribution in [0, 0.1) is 11.8 Å². The Labute approximate surface area is 78.2 Å². The molecule has 1 fully saturated rings. The summed E-state index contributed by atoms with van der Waals surface area (Å²) >= 11 is 5.73. The molecule has 2 nitrogen and oxygen atoms in total. The molecule has 0 aromatic heterocycles. The minimum atomic E-state index is -0.0528. The number of hydrogen-bond acceptors (Lipinski definition) is 2. The van der Waals surface area contributed by atoms with E-state index in [4.69, 9.17) is 11.6 Å². The van der Waals surface area contributed by atoms with Crippen LogP contribution in [0.5, 0.6) is 0 Å². The smallest absolute Gasteiger partial charge is 0.308 e. The highest BCUT2D eigenvalue weighted by Crippen LogP contribution is 2.29. The van der Waals surface area contributed by atoms with Crippen LogP contribution in [0.1, 0.15) is 25.7 Å². The van der Waals surface area contributed by atoms with Gasteiger partial charge in [-0.1, -0.05) is 0 Å². The summed E-state index contributed by atoms with van der Waals surface area (Å²) in [7, 11) is 1.45. The van der Waals surface area contributed by atoms with Gasteiger partial charge in [0.1, 0.15) is 0 Å². The molecule has 1 aliphatic carbocycles. The number of carbonyl (C=O) groups excluding carboxylic acids is 1. The first-order valence-electron chi connectivity index (χ1n) is 4.41. The molecule has 3 heteroatoms. The van der Waals surface area contributed by atoms with Gasteiger partial charge >= 0.3 is 5.97 Å². The zero-order chi connectivity index (χ0) is 8.97. The number of ether oxygens (including phenoxy) is 1. The lowest BCUT2D eigenvalue weighted by Crippen LogP contribution is -2.23. The van der Waals surface area contributed by atoms with Gasteiger partial charge in [0.25, 0.3) is 0 Å². The lowest BCUT2D eigenvalue weighted by Gasteiger charge is -2.25. The Hall–Kier alpha value is -0.240. The summed E-state index contributed by atoms with van der Waals surface area (Å²) < 4.78 is 4.69. The number of carbonyl (C=O) groups is 1. The molecule has 0 saturated heterocycles. The van der Waals surface area contributed by atoms with Crippen LogP contribution in [0.3, 0.4) is 0 Å². The number of esters is 1. The number of hydrogen-bond donors (Lipinski definition) is 0. The summed E-state index contributed by atoms with van der Waals surface area (Å²) in [6.45, 7) is 0. The summed E-state index contributed by atoms with van der Waals surface area (Å²) in [6.07, 6.45) is 4.04. The molecule has 0 aromatic carbocycles. The average Bonchev–Trinajstić information content (AvgIpc) is 2.17. The highest BCUT2D eigenvalue weighted by atomic mass is 35.5. The van der Waals surface area contributed by atoms with E-state index >= 15 is 0 Å². The molecule has 0 spiro atoms. The third kappa shape index (κ3) is 2.37. The monoisotopic (exact) mass is 190 g/mol. The molecule has 0 atom stereocenters. The van der Waals surface area contributed by atoms with Gasteiger partial charge in [-0.3, -0.25) is 4.79 Å². The van der Waals surface area contributed by atoms with Crippen molar-refractivity contribution in [3.8, 4) is 0 Å². The van der Waals surface area contributed by atoms with Crippen molar-refractivity contribution < 1.29 is 9.53 Å². The van der Waals surface area contributed by atoms with Crippen LogP contribution in [-0.4, -0.2) is 19.0 Å². The van der Waals surface area contributed by atoms with Crippen molar-refractivity contribution in [2.24, 2.45) is 11.8 Å². The fourth-order valence-corrected chi connectivity index (χ4v) is 2.03. The fraction of sp³-hybridized carbons (Fsp3) is 0.889. The molecule has 0 bridgehead atoms. The molecule has 1 saturated carbocycles. The number of alkyl halides is 1. The number of rotatable bonds is 2. The molecule has 1 aliphatic rings. The standard InChI is InChI=1S/C9H15ClO2/c1-12-9(11)8-4-2-7(6-10)3-5-8/h7-8H,2-6H2,1H3/t7-,8-. The minimum Gasteiger partial charge on any atom is -0.469 e. The second-order valence-electron chi connectivity index (χ2n) is 3.40. The van der Waals surface area contributed by atoms with Gasteiger partial charge in [0.15, 0.2) is 0 Å². The summed E-state index contributed by atoms with van der Waals surface area (Å²) in [5, 5.41) is 0. The maximum atomic E-state index is 11.1. The van der Waals surface area contributed by atoms with E-state index in [1.165, 1.54) is 7.11 Å². The van der Waals surface area contributed by atoms with Crippen LogP contribution in [-0.2, 0) is 9.53 Å². The first kappa shape index (κ1) is 9.85. The Morgan fingerprint density at radius 3 is 2.42 bits per heavy atom. The minimum absolute atomic E-state index is 0.0528. The second-order valence-corrected chi connectivity index (χ2v) is 3.70. The van der Waals surface area contributed by atoms with E-state index in [-0.39, 0.29) is 11.9 Å². The normalized spacial score (nSPS) is 29.8. The molecule has 70 valence electrons.